The maximum atomic E-state index is 6.03. The van der Waals surface area contributed by atoms with E-state index in [2.05, 4.69) is 5.32 Å². The van der Waals surface area contributed by atoms with E-state index in [-0.39, 0.29) is 5.60 Å². The monoisotopic (exact) mass is 285 g/mol. The zero-order chi connectivity index (χ0) is 12.6. The van der Waals surface area contributed by atoms with Gasteiger partial charge in [0.1, 0.15) is 0 Å². The average molecular weight is 286 g/mol. The summed E-state index contributed by atoms with van der Waals surface area (Å²) < 4.78 is 5.93. The van der Waals surface area contributed by atoms with Crippen molar-refractivity contribution in [3.63, 3.8) is 0 Å². The van der Waals surface area contributed by atoms with Crippen LogP contribution in [0.5, 0.6) is 0 Å². The Hall–Kier alpha value is -0.440. The molecule has 2 fully saturated rings. The molecule has 0 amide bonds. The molecule has 1 atom stereocenters. The van der Waals surface area contributed by atoms with Crippen molar-refractivity contribution in [2.24, 2.45) is 0 Å². The third-order valence-electron chi connectivity index (χ3n) is 4.05. The molecule has 1 aromatic rings. The Balaban J connectivity index is 1.66. The lowest BCUT2D eigenvalue weighted by Gasteiger charge is -2.47. The van der Waals surface area contributed by atoms with E-state index in [0.717, 1.165) is 25.1 Å². The molecule has 1 heterocycles. The zero-order valence-corrected chi connectivity index (χ0v) is 11.7. The molecule has 1 saturated heterocycles. The van der Waals surface area contributed by atoms with E-state index in [0.29, 0.717) is 16.1 Å². The number of anilines is 1. The summed E-state index contributed by atoms with van der Waals surface area (Å²) >= 11 is 11.9. The zero-order valence-electron chi connectivity index (χ0n) is 10.2. The minimum atomic E-state index is 0.173. The fourth-order valence-electron chi connectivity index (χ4n) is 2.89. The van der Waals surface area contributed by atoms with Crippen LogP contribution in [0.25, 0.3) is 0 Å². The van der Waals surface area contributed by atoms with Crippen LogP contribution in [0.15, 0.2) is 18.2 Å². The third-order valence-corrected chi connectivity index (χ3v) is 4.79. The number of benzene rings is 1. The average Bonchev–Trinajstić information content (AvgIpc) is 2.32. The van der Waals surface area contributed by atoms with Gasteiger partial charge in [-0.3, -0.25) is 0 Å². The number of rotatable bonds is 2. The standard InChI is InChI=1S/C14H17Cl2NO/c15-12-3-2-10(8-13(12)16)17-11-4-7-18-14(9-11)5-1-6-14/h2-3,8,11,17H,1,4-7,9H2. The van der Waals surface area contributed by atoms with E-state index in [1.807, 2.05) is 18.2 Å². The van der Waals surface area contributed by atoms with Gasteiger partial charge >= 0.3 is 0 Å². The normalized spacial score (nSPS) is 25.8. The SMILES string of the molecule is Clc1ccc(NC2CCOC3(CCC3)C2)cc1Cl. The minimum Gasteiger partial charge on any atom is -0.382 e. The van der Waals surface area contributed by atoms with Crippen molar-refractivity contribution in [2.45, 2.75) is 43.7 Å². The molecule has 1 spiro atoms. The molecule has 1 aliphatic carbocycles. The van der Waals surface area contributed by atoms with Gasteiger partial charge in [0.2, 0.25) is 0 Å². The molecule has 0 aromatic heterocycles. The van der Waals surface area contributed by atoms with Crippen molar-refractivity contribution in [3.8, 4) is 0 Å². The first kappa shape index (κ1) is 12.6. The molecule has 1 saturated carbocycles. The van der Waals surface area contributed by atoms with Crippen LogP contribution in [-0.2, 0) is 4.74 Å². The summed E-state index contributed by atoms with van der Waals surface area (Å²) in [5.41, 5.74) is 1.22. The lowest BCUT2D eigenvalue weighted by Crippen LogP contribution is -2.48. The van der Waals surface area contributed by atoms with Gasteiger partial charge < -0.3 is 10.1 Å². The van der Waals surface area contributed by atoms with E-state index in [1.54, 1.807) is 0 Å². The summed E-state index contributed by atoms with van der Waals surface area (Å²) in [6, 6.07) is 6.20. The van der Waals surface area contributed by atoms with Gasteiger partial charge in [0.05, 0.1) is 15.6 Å². The van der Waals surface area contributed by atoms with E-state index >= 15 is 0 Å². The summed E-state index contributed by atoms with van der Waals surface area (Å²) in [6.45, 7) is 0.860. The van der Waals surface area contributed by atoms with E-state index < -0.39 is 0 Å². The van der Waals surface area contributed by atoms with Gasteiger partial charge in [-0.05, 0) is 50.3 Å². The van der Waals surface area contributed by atoms with Gasteiger partial charge in [0.25, 0.3) is 0 Å². The van der Waals surface area contributed by atoms with E-state index in [4.69, 9.17) is 27.9 Å². The van der Waals surface area contributed by atoms with Crippen LogP contribution in [0, 0.1) is 0 Å². The molecule has 3 rings (SSSR count). The van der Waals surface area contributed by atoms with E-state index in [9.17, 15) is 0 Å². The first-order valence-electron chi connectivity index (χ1n) is 6.52. The van der Waals surface area contributed by atoms with Gasteiger partial charge in [-0.1, -0.05) is 23.2 Å². The predicted molar refractivity (Wildman–Crippen MR) is 75.6 cm³/mol. The summed E-state index contributed by atoms with van der Waals surface area (Å²) in [6.07, 6.45) is 5.90. The topological polar surface area (TPSA) is 21.3 Å². The molecule has 1 aromatic carbocycles. The summed E-state index contributed by atoms with van der Waals surface area (Å²) in [5, 5.41) is 4.75. The molecule has 2 nitrogen and oxygen atoms in total. The molecule has 2 aliphatic rings. The van der Waals surface area contributed by atoms with Crippen LogP contribution in [0.3, 0.4) is 0 Å². The lowest BCUT2D eigenvalue weighted by molar-refractivity contribution is -0.130. The molecule has 0 radical (unpaired) electrons. The first-order valence-corrected chi connectivity index (χ1v) is 7.28. The number of ether oxygens (including phenoxy) is 1. The number of hydrogen-bond donors (Lipinski definition) is 1. The van der Waals surface area contributed by atoms with E-state index in [1.165, 1.54) is 19.3 Å². The summed E-state index contributed by atoms with van der Waals surface area (Å²) in [7, 11) is 0. The Bertz CT molecular complexity index is 445. The Morgan fingerprint density at radius 3 is 2.72 bits per heavy atom. The molecule has 1 aliphatic heterocycles. The number of hydrogen-bond acceptors (Lipinski definition) is 2. The fourth-order valence-corrected chi connectivity index (χ4v) is 3.19. The molecular formula is C14H17Cl2NO. The van der Waals surface area contributed by atoms with Crippen molar-refractivity contribution in [3.05, 3.63) is 28.2 Å². The molecule has 18 heavy (non-hydrogen) atoms. The highest BCUT2D eigenvalue weighted by molar-refractivity contribution is 6.42. The van der Waals surface area contributed by atoms with Crippen molar-refractivity contribution in [1.29, 1.82) is 0 Å². The highest BCUT2D eigenvalue weighted by atomic mass is 35.5. The second-order valence-corrected chi connectivity index (χ2v) is 6.16. The number of halogens is 2. The Morgan fingerprint density at radius 2 is 2.06 bits per heavy atom. The summed E-state index contributed by atoms with van der Waals surface area (Å²) in [4.78, 5) is 0. The second kappa shape index (κ2) is 4.92. The van der Waals surface area contributed by atoms with Gasteiger partial charge in [-0.2, -0.15) is 0 Å². The van der Waals surface area contributed by atoms with Gasteiger partial charge in [0.15, 0.2) is 0 Å². The maximum Gasteiger partial charge on any atom is 0.0702 e. The van der Waals surface area contributed by atoms with Crippen LogP contribution in [-0.4, -0.2) is 18.2 Å². The molecule has 1 N–H and O–H groups in total. The maximum absolute atomic E-state index is 6.03. The van der Waals surface area contributed by atoms with Crippen molar-refractivity contribution in [1.82, 2.24) is 0 Å². The van der Waals surface area contributed by atoms with Crippen LogP contribution >= 0.6 is 23.2 Å². The van der Waals surface area contributed by atoms with Gasteiger partial charge in [0, 0.05) is 18.3 Å². The highest BCUT2D eigenvalue weighted by Crippen LogP contribution is 2.43. The lowest BCUT2D eigenvalue weighted by atomic mass is 9.74. The highest BCUT2D eigenvalue weighted by Gasteiger charge is 2.42. The molecule has 4 heteroatoms. The van der Waals surface area contributed by atoms with Crippen LogP contribution in [0.4, 0.5) is 5.69 Å². The van der Waals surface area contributed by atoms with Gasteiger partial charge in [-0.25, -0.2) is 0 Å². The van der Waals surface area contributed by atoms with Crippen molar-refractivity contribution >= 4 is 28.9 Å². The quantitative estimate of drug-likeness (QED) is 0.863. The van der Waals surface area contributed by atoms with Crippen LogP contribution < -0.4 is 5.32 Å². The Labute approximate surface area is 118 Å². The molecule has 0 bridgehead atoms. The number of nitrogens with one attached hydrogen (secondary N) is 1. The van der Waals surface area contributed by atoms with Crippen molar-refractivity contribution in [2.75, 3.05) is 11.9 Å². The predicted octanol–water partition coefficient (Wildman–Crippen LogP) is 4.51. The Morgan fingerprint density at radius 1 is 1.22 bits per heavy atom. The van der Waals surface area contributed by atoms with Crippen LogP contribution in [0.2, 0.25) is 10.0 Å². The molecule has 98 valence electrons. The third kappa shape index (κ3) is 2.47. The Kier molecular flexibility index (Phi) is 3.44. The molecular weight excluding hydrogens is 269 g/mol. The smallest absolute Gasteiger partial charge is 0.0702 e. The summed E-state index contributed by atoms with van der Waals surface area (Å²) in [5.74, 6) is 0. The van der Waals surface area contributed by atoms with Gasteiger partial charge in [-0.15, -0.1) is 0 Å². The first-order chi connectivity index (χ1) is 8.67. The second-order valence-electron chi connectivity index (χ2n) is 5.35. The van der Waals surface area contributed by atoms with Crippen molar-refractivity contribution < 1.29 is 4.74 Å². The largest absolute Gasteiger partial charge is 0.382 e. The molecule has 1 unspecified atom stereocenters. The van der Waals surface area contributed by atoms with Crippen LogP contribution in [0.1, 0.15) is 32.1 Å². The minimum absolute atomic E-state index is 0.173. The fraction of sp³-hybridized carbons (Fsp3) is 0.571.